The average Bonchev–Trinajstić information content (AvgIpc) is 2.02. The molecule has 0 saturated carbocycles. The fourth-order valence-electron chi connectivity index (χ4n) is 0.613. The predicted molar refractivity (Wildman–Crippen MR) is 40.9 cm³/mol. The molecule has 0 atom stereocenters. The highest BCUT2D eigenvalue weighted by Crippen LogP contribution is 1.81. The summed E-state index contributed by atoms with van der Waals surface area (Å²) in [5.74, 6) is 0. The summed E-state index contributed by atoms with van der Waals surface area (Å²) in [7, 11) is 0. The number of hydrogen-bond donors (Lipinski definition) is 1. The summed E-state index contributed by atoms with van der Waals surface area (Å²) in [5.41, 5.74) is 0. The molecular formula is C8H9NO. The number of quaternary nitrogens is 1. The summed E-state index contributed by atoms with van der Waals surface area (Å²) in [5, 5.41) is 10.8. The third kappa shape index (κ3) is 2.44. The van der Waals surface area contributed by atoms with Crippen LogP contribution in [0, 0.1) is 5.21 Å². The number of nitrogens with one attached hydrogen (secondary N) is 1. The van der Waals surface area contributed by atoms with Gasteiger partial charge in [-0.3, -0.25) is 0 Å². The minimum atomic E-state index is 0.0243. The fraction of sp³-hybridized carbons (Fsp3) is 0. The van der Waals surface area contributed by atoms with Crippen molar-refractivity contribution in [1.82, 2.24) is 0 Å². The van der Waals surface area contributed by atoms with Crippen molar-refractivity contribution in [3.8, 4) is 0 Å². The minimum absolute atomic E-state index is 0.0243. The summed E-state index contributed by atoms with van der Waals surface area (Å²) in [4.78, 5) is 0. The van der Waals surface area contributed by atoms with Gasteiger partial charge >= 0.3 is 0 Å². The van der Waals surface area contributed by atoms with E-state index in [1.54, 1.807) is 12.2 Å². The van der Waals surface area contributed by atoms with E-state index in [4.69, 9.17) is 0 Å². The molecule has 0 spiro atoms. The maximum Gasteiger partial charge on any atom is 0.0988 e. The first-order valence-corrected chi connectivity index (χ1v) is 3.11. The van der Waals surface area contributed by atoms with Gasteiger partial charge in [0.15, 0.2) is 0 Å². The molecule has 1 aliphatic heterocycles. The van der Waals surface area contributed by atoms with E-state index in [0.29, 0.717) is 0 Å². The normalized spacial score (nSPS) is 31.3. The molecule has 0 bridgehead atoms. The van der Waals surface area contributed by atoms with E-state index in [-0.39, 0.29) is 5.06 Å². The Balaban J connectivity index is 2.70. The number of allylic oxidation sites excluding steroid dienone is 6. The largest absolute Gasteiger partial charge is 0.624 e. The molecule has 2 nitrogen and oxygen atoms in total. The Labute approximate surface area is 60.0 Å². The topological polar surface area (TPSA) is 27.5 Å². The Morgan fingerprint density at radius 1 is 0.700 bits per heavy atom. The van der Waals surface area contributed by atoms with Crippen LogP contribution in [-0.4, -0.2) is 0 Å². The van der Waals surface area contributed by atoms with Crippen molar-refractivity contribution in [2.24, 2.45) is 0 Å². The van der Waals surface area contributed by atoms with Gasteiger partial charge in [0.25, 0.3) is 0 Å². The SMILES string of the molecule is [O-][NH+]1\C=C/C=C\C=C/C=C\1. The van der Waals surface area contributed by atoms with Crippen LogP contribution in [-0.2, 0) is 0 Å². The van der Waals surface area contributed by atoms with Crippen molar-refractivity contribution < 1.29 is 5.06 Å². The molecule has 1 heterocycles. The zero-order valence-electron chi connectivity index (χ0n) is 5.53. The molecule has 1 rings (SSSR count). The molecule has 0 unspecified atom stereocenters. The highest BCUT2D eigenvalue weighted by molar-refractivity contribution is 5.14. The molecule has 52 valence electrons. The van der Waals surface area contributed by atoms with Gasteiger partial charge < -0.3 is 10.3 Å². The zero-order valence-corrected chi connectivity index (χ0v) is 5.53. The lowest BCUT2D eigenvalue weighted by molar-refractivity contribution is -0.729. The van der Waals surface area contributed by atoms with Gasteiger partial charge in [-0.2, -0.15) is 0 Å². The first-order valence-electron chi connectivity index (χ1n) is 3.11. The van der Waals surface area contributed by atoms with Gasteiger partial charge in [-0.25, -0.2) is 0 Å². The van der Waals surface area contributed by atoms with Crippen molar-refractivity contribution in [2.75, 3.05) is 0 Å². The molecule has 1 aliphatic rings. The quantitative estimate of drug-likeness (QED) is 0.482. The predicted octanol–water partition coefficient (Wildman–Crippen LogP) is 0.523. The van der Waals surface area contributed by atoms with E-state index in [2.05, 4.69) is 0 Å². The van der Waals surface area contributed by atoms with Crippen molar-refractivity contribution >= 4 is 0 Å². The van der Waals surface area contributed by atoms with Crippen LogP contribution in [0.4, 0.5) is 0 Å². The van der Waals surface area contributed by atoms with Gasteiger partial charge in [-0.15, -0.1) is 0 Å². The summed E-state index contributed by atoms with van der Waals surface area (Å²) < 4.78 is 0. The second-order valence-electron chi connectivity index (χ2n) is 1.89. The Hall–Kier alpha value is -1.12. The van der Waals surface area contributed by atoms with Crippen LogP contribution in [0.3, 0.4) is 0 Å². The molecule has 10 heavy (non-hydrogen) atoms. The molecule has 1 N–H and O–H groups in total. The molecule has 0 aromatic carbocycles. The minimum Gasteiger partial charge on any atom is -0.624 e. The summed E-state index contributed by atoms with van der Waals surface area (Å²) in [6, 6.07) is 0. The van der Waals surface area contributed by atoms with Crippen LogP contribution in [0.2, 0.25) is 0 Å². The first-order chi connectivity index (χ1) is 4.89. The van der Waals surface area contributed by atoms with Crippen molar-refractivity contribution in [3.05, 3.63) is 54.1 Å². The lowest BCUT2D eigenvalue weighted by atomic mass is 10.4. The van der Waals surface area contributed by atoms with E-state index in [0.717, 1.165) is 0 Å². The van der Waals surface area contributed by atoms with E-state index < -0.39 is 0 Å². The first kappa shape index (κ1) is 6.99. The fourth-order valence-corrected chi connectivity index (χ4v) is 0.613. The lowest BCUT2D eigenvalue weighted by Crippen LogP contribution is -2.96. The van der Waals surface area contributed by atoms with Crippen LogP contribution in [0.15, 0.2) is 48.9 Å². The zero-order chi connectivity index (χ0) is 7.23. The summed E-state index contributed by atoms with van der Waals surface area (Å²) in [6.45, 7) is 0. The van der Waals surface area contributed by atoms with E-state index in [9.17, 15) is 5.21 Å². The molecule has 0 aromatic rings. The van der Waals surface area contributed by atoms with Crippen LogP contribution in [0.5, 0.6) is 0 Å². The lowest BCUT2D eigenvalue weighted by Gasteiger charge is -2.08. The smallest absolute Gasteiger partial charge is 0.0988 e. The second-order valence-corrected chi connectivity index (χ2v) is 1.89. The van der Waals surface area contributed by atoms with Crippen molar-refractivity contribution in [3.63, 3.8) is 0 Å². The number of hydroxylamine groups is 2. The molecule has 2 heteroatoms. The van der Waals surface area contributed by atoms with Gasteiger partial charge in [-0.05, 0) is 12.2 Å². The highest BCUT2D eigenvalue weighted by Gasteiger charge is 1.79. The summed E-state index contributed by atoms with van der Waals surface area (Å²) >= 11 is 0. The van der Waals surface area contributed by atoms with Crippen molar-refractivity contribution in [1.29, 1.82) is 0 Å². The molecule has 0 amide bonds. The highest BCUT2D eigenvalue weighted by atomic mass is 16.5. The average molecular weight is 135 g/mol. The van der Waals surface area contributed by atoms with Gasteiger partial charge in [0.05, 0.1) is 12.4 Å². The third-order valence-corrected chi connectivity index (χ3v) is 1.08. The third-order valence-electron chi connectivity index (χ3n) is 1.08. The van der Waals surface area contributed by atoms with Gasteiger partial charge in [-0.1, -0.05) is 24.3 Å². The summed E-state index contributed by atoms with van der Waals surface area (Å²) in [6.07, 6.45) is 13.9. The Morgan fingerprint density at radius 2 is 1.10 bits per heavy atom. The van der Waals surface area contributed by atoms with Crippen LogP contribution >= 0.6 is 0 Å². The maximum absolute atomic E-state index is 10.7. The monoisotopic (exact) mass is 135 g/mol. The Bertz CT molecular complexity index is 179. The van der Waals surface area contributed by atoms with E-state index in [1.165, 1.54) is 12.4 Å². The Morgan fingerprint density at radius 3 is 1.60 bits per heavy atom. The molecule has 0 aromatic heterocycles. The van der Waals surface area contributed by atoms with Crippen LogP contribution in [0.25, 0.3) is 0 Å². The van der Waals surface area contributed by atoms with E-state index >= 15 is 0 Å². The number of hydrogen-bond acceptors (Lipinski definition) is 1. The molecular weight excluding hydrogens is 126 g/mol. The van der Waals surface area contributed by atoms with E-state index in [1.807, 2.05) is 24.3 Å². The number of rotatable bonds is 0. The molecule has 0 radical (unpaired) electrons. The van der Waals surface area contributed by atoms with Crippen LogP contribution < -0.4 is 5.06 Å². The molecule has 0 saturated heterocycles. The van der Waals surface area contributed by atoms with Gasteiger partial charge in [0.1, 0.15) is 0 Å². The second kappa shape index (κ2) is 3.82. The maximum atomic E-state index is 10.7. The molecule has 0 aliphatic carbocycles. The molecule has 0 fully saturated rings. The standard InChI is InChI=1S/C8H9NO/c10-9-7-5-3-1-2-4-6-8-9/h1-9H/b3-1-,4-2-,7-5-,8-6-. The van der Waals surface area contributed by atoms with Gasteiger partial charge in [0, 0.05) is 0 Å². The van der Waals surface area contributed by atoms with Gasteiger partial charge in [0.2, 0.25) is 0 Å². The van der Waals surface area contributed by atoms with Crippen molar-refractivity contribution in [2.45, 2.75) is 0 Å². The Kier molecular flexibility index (Phi) is 2.67. The van der Waals surface area contributed by atoms with Crippen LogP contribution in [0.1, 0.15) is 0 Å².